The van der Waals surface area contributed by atoms with E-state index in [4.69, 9.17) is 16.3 Å². The van der Waals surface area contributed by atoms with Crippen LogP contribution in [0.2, 0.25) is 5.02 Å². The Hall–Kier alpha value is -3.85. The maximum absolute atomic E-state index is 6.06. The second-order valence-corrected chi connectivity index (χ2v) is 6.89. The molecule has 0 aliphatic heterocycles. The monoisotopic (exact) mass is 418 g/mol. The van der Waals surface area contributed by atoms with Gasteiger partial charge in [-0.25, -0.2) is 4.98 Å². The summed E-state index contributed by atoms with van der Waals surface area (Å²) in [5.41, 5.74) is 4.49. The fourth-order valence-corrected chi connectivity index (χ4v) is 3.26. The zero-order chi connectivity index (χ0) is 20.5. The molecule has 10 heteroatoms. The minimum atomic E-state index is 0.401. The van der Waals surface area contributed by atoms with Crippen molar-refractivity contribution in [3.05, 3.63) is 66.0 Å². The summed E-state index contributed by atoms with van der Waals surface area (Å²) >= 11 is 6.06. The van der Waals surface area contributed by atoms with Crippen LogP contribution < -0.4 is 10.1 Å². The number of aromatic nitrogens is 7. The van der Waals surface area contributed by atoms with Crippen LogP contribution in [0.4, 0.5) is 5.69 Å². The maximum Gasteiger partial charge on any atom is 0.178 e. The van der Waals surface area contributed by atoms with Gasteiger partial charge in [-0.15, -0.1) is 10.2 Å². The fraction of sp³-hybridized carbons (Fsp3) is 0.100. The van der Waals surface area contributed by atoms with Gasteiger partial charge in [-0.1, -0.05) is 11.6 Å². The first-order chi connectivity index (χ1) is 14.7. The largest absolute Gasteiger partial charge is 0.495 e. The predicted octanol–water partition coefficient (Wildman–Crippen LogP) is 3.40. The van der Waals surface area contributed by atoms with E-state index in [1.165, 1.54) is 0 Å². The van der Waals surface area contributed by atoms with E-state index in [9.17, 15) is 0 Å². The predicted molar refractivity (Wildman–Crippen MR) is 112 cm³/mol. The van der Waals surface area contributed by atoms with Crippen molar-refractivity contribution >= 4 is 34.0 Å². The van der Waals surface area contributed by atoms with Gasteiger partial charge in [0.15, 0.2) is 11.5 Å². The Morgan fingerprint density at radius 3 is 2.87 bits per heavy atom. The SMILES string of the molecule is COc1cnc2c(NCc3nnc4ccc(-c5cncc(Cl)c5)nn34)ccnc2c1. The first-order valence-electron chi connectivity index (χ1n) is 9.06. The van der Waals surface area contributed by atoms with Crippen LogP contribution in [-0.2, 0) is 6.54 Å². The molecule has 0 radical (unpaired) electrons. The summed E-state index contributed by atoms with van der Waals surface area (Å²) in [6.45, 7) is 0.401. The molecule has 5 heterocycles. The number of methoxy groups -OCH3 is 1. The molecule has 148 valence electrons. The summed E-state index contributed by atoms with van der Waals surface area (Å²) in [4.78, 5) is 12.9. The molecule has 0 aromatic carbocycles. The summed E-state index contributed by atoms with van der Waals surface area (Å²) in [6.07, 6.45) is 6.68. The van der Waals surface area contributed by atoms with Gasteiger partial charge in [-0.3, -0.25) is 9.97 Å². The van der Waals surface area contributed by atoms with Crippen molar-refractivity contribution in [1.82, 2.24) is 34.8 Å². The minimum Gasteiger partial charge on any atom is -0.495 e. The Kier molecular flexibility index (Phi) is 4.56. The van der Waals surface area contributed by atoms with Crippen molar-refractivity contribution in [2.45, 2.75) is 6.54 Å². The lowest BCUT2D eigenvalue weighted by atomic mass is 10.2. The first kappa shape index (κ1) is 18.2. The molecule has 5 rings (SSSR count). The number of rotatable bonds is 5. The highest BCUT2D eigenvalue weighted by Crippen LogP contribution is 2.23. The first-order valence-corrected chi connectivity index (χ1v) is 9.44. The molecular formula is C20H15ClN8O. The van der Waals surface area contributed by atoms with Gasteiger partial charge < -0.3 is 10.1 Å². The van der Waals surface area contributed by atoms with Crippen molar-refractivity contribution in [3.8, 4) is 17.0 Å². The minimum absolute atomic E-state index is 0.401. The van der Waals surface area contributed by atoms with E-state index in [1.807, 2.05) is 30.3 Å². The normalized spacial score (nSPS) is 11.1. The summed E-state index contributed by atoms with van der Waals surface area (Å²) in [7, 11) is 1.60. The van der Waals surface area contributed by atoms with Crippen LogP contribution in [0.1, 0.15) is 5.82 Å². The second kappa shape index (κ2) is 7.53. The number of hydrogen-bond donors (Lipinski definition) is 1. The number of pyridine rings is 3. The Morgan fingerprint density at radius 2 is 2.00 bits per heavy atom. The van der Waals surface area contributed by atoms with Crippen molar-refractivity contribution in [3.63, 3.8) is 0 Å². The van der Waals surface area contributed by atoms with Crippen LogP contribution in [0.25, 0.3) is 27.9 Å². The van der Waals surface area contributed by atoms with Gasteiger partial charge in [0.25, 0.3) is 0 Å². The molecule has 9 nitrogen and oxygen atoms in total. The molecule has 5 aromatic heterocycles. The molecule has 0 amide bonds. The summed E-state index contributed by atoms with van der Waals surface area (Å²) in [6, 6.07) is 9.24. The molecule has 0 aliphatic rings. The molecule has 1 N–H and O–H groups in total. The fourth-order valence-electron chi connectivity index (χ4n) is 3.09. The molecular weight excluding hydrogens is 404 g/mol. The maximum atomic E-state index is 6.06. The molecule has 0 aliphatic carbocycles. The highest BCUT2D eigenvalue weighted by atomic mass is 35.5. The van der Waals surface area contributed by atoms with Crippen LogP contribution in [0, 0.1) is 0 Å². The Bertz CT molecular complexity index is 1370. The number of halogens is 1. The van der Waals surface area contributed by atoms with E-state index in [2.05, 4.69) is 35.6 Å². The van der Waals surface area contributed by atoms with Crippen LogP contribution >= 0.6 is 11.6 Å². The summed E-state index contributed by atoms with van der Waals surface area (Å²) in [5.74, 6) is 1.31. The van der Waals surface area contributed by atoms with Crippen molar-refractivity contribution < 1.29 is 4.74 Å². The number of nitrogens with zero attached hydrogens (tertiary/aromatic N) is 7. The highest BCUT2D eigenvalue weighted by molar-refractivity contribution is 6.30. The standard InChI is InChI=1S/C20H15ClN8O/c1-30-14-7-17-20(25-10-14)16(4-5-23-17)24-11-19-27-26-18-3-2-15(28-29(18)19)12-6-13(21)9-22-8-12/h2-10H,11H2,1H3,(H,23,24). The number of hydrogen-bond acceptors (Lipinski definition) is 8. The summed E-state index contributed by atoms with van der Waals surface area (Å²) in [5, 5.41) is 17.0. The topological polar surface area (TPSA) is 103 Å². The zero-order valence-corrected chi connectivity index (χ0v) is 16.6. The Balaban J connectivity index is 1.46. The van der Waals surface area contributed by atoms with Crippen LogP contribution in [0.15, 0.2) is 55.1 Å². The van der Waals surface area contributed by atoms with Crippen LogP contribution in [0.5, 0.6) is 5.75 Å². The van der Waals surface area contributed by atoms with Crippen molar-refractivity contribution in [2.24, 2.45) is 0 Å². The lowest BCUT2D eigenvalue weighted by molar-refractivity contribution is 0.413. The van der Waals surface area contributed by atoms with E-state index >= 15 is 0 Å². The van der Waals surface area contributed by atoms with Gasteiger partial charge in [0.05, 0.1) is 41.8 Å². The average Bonchev–Trinajstić information content (AvgIpc) is 3.19. The number of fused-ring (bicyclic) bond motifs is 2. The third kappa shape index (κ3) is 3.35. The molecule has 5 aromatic rings. The van der Waals surface area contributed by atoms with Gasteiger partial charge in [0.2, 0.25) is 0 Å². The third-order valence-electron chi connectivity index (χ3n) is 4.55. The van der Waals surface area contributed by atoms with Crippen molar-refractivity contribution in [1.29, 1.82) is 0 Å². The van der Waals surface area contributed by atoms with Gasteiger partial charge in [-0.2, -0.15) is 9.61 Å². The molecule has 0 unspecified atom stereocenters. The van der Waals surface area contributed by atoms with E-state index in [0.29, 0.717) is 28.8 Å². The van der Waals surface area contributed by atoms with E-state index in [1.54, 1.807) is 36.4 Å². The quantitative estimate of drug-likeness (QED) is 0.463. The van der Waals surface area contributed by atoms with Gasteiger partial charge in [-0.05, 0) is 24.3 Å². The van der Waals surface area contributed by atoms with Gasteiger partial charge in [0, 0.05) is 30.2 Å². The average molecular weight is 419 g/mol. The molecule has 30 heavy (non-hydrogen) atoms. The van der Waals surface area contributed by atoms with Gasteiger partial charge >= 0.3 is 0 Å². The molecule has 0 bridgehead atoms. The molecule has 0 atom stereocenters. The van der Waals surface area contributed by atoms with Crippen LogP contribution in [0.3, 0.4) is 0 Å². The molecule has 0 spiro atoms. The molecule has 0 saturated heterocycles. The molecule has 0 fully saturated rings. The smallest absolute Gasteiger partial charge is 0.178 e. The Morgan fingerprint density at radius 1 is 1.07 bits per heavy atom. The number of anilines is 1. The highest BCUT2D eigenvalue weighted by Gasteiger charge is 2.11. The van der Waals surface area contributed by atoms with Crippen LogP contribution in [-0.4, -0.2) is 41.9 Å². The van der Waals surface area contributed by atoms with Crippen molar-refractivity contribution in [2.75, 3.05) is 12.4 Å². The molecule has 0 saturated carbocycles. The zero-order valence-electron chi connectivity index (χ0n) is 15.8. The number of ether oxygens (including phenoxy) is 1. The van der Waals surface area contributed by atoms with E-state index in [0.717, 1.165) is 28.0 Å². The second-order valence-electron chi connectivity index (χ2n) is 6.45. The van der Waals surface area contributed by atoms with Gasteiger partial charge in [0.1, 0.15) is 11.3 Å². The Labute approximate surface area is 175 Å². The lowest BCUT2D eigenvalue weighted by Gasteiger charge is -2.09. The number of nitrogens with one attached hydrogen (secondary N) is 1. The third-order valence-corrected chi connectivity index (χ3v) is 4.76. The van der Waals surface area contributed by atoms with E-state index in [-0.39, 0.29) is 0 Å². The van der Waals surface area contributed by atoms with E-state index < -0.39 is 0 Å². The lowest BCUT2D eigenvalue weighted by Crippen LogP contribution is -2.07. The summed E-state index contributed by atoms with van der Waals surface area (Å²) < 4.78 is 6.92.